The number of nitrogens with two attached hydrogens (primary N) is 1. The summed E-state index contributed by atoms with van der Waals surface area (Å²) in [6.07, 6.45) is 0. The lowest BCUT2D eigenvalue weighted by Crippen LogP contribution is -2.48. The second-order valence-corrected chi connectivity index (χ2v) is 7.53. The van der Waals surface area contributed by atoms with Gasteiger partial charge in [-0.05, 0) is 36.4 Å². The molecule has 0 bridgehead atoms. The molecule has 24 heavy (non-hydrogen) atoms. The Balaban J connectivity index is 1.71. The van der Waals surface area contributed by atoms with Crippen molar-refractivity contribution in [3.8, 4) is 5.75 Å². The van der Waals surface area contributed by atoms with Crippen LogP contribution in [0.2, 0.25) is 0 Å². The Morgan fingerprint density at radius 1 is 0.958 bits per heavy atom. The third-order valence-electron chi connectivity index (χ3n) is 4.21. The van der Waals surface area contributed by atoms with Crippen molar-refractivity contribution in [1.29, 1.82) is 0 Å². The van der Waals surface area contributed by atoms with Crippen molar-refractivity contribution in [3.63, 3.8) is 0 Å². The predicted octanol–water partition coefficient (Wildman–Crippen LogP) is 1.79. The smallest absolute Gasteiger partial charge is 0.245 e. The number of ether oxygens (including phenoxy) is 1. The minimum atomic E-state index is -3.55. The highest BCUT2D eigenvalue weighted by atomic mass is 32.2. The topological polar surface area (TPSA) is 75.9 Å². The van der Waals surface area contributed by atoms with Gasteiger partial charge in [0, 0.05) is 31.9 Å². The average Bonchev–Trinajstić information content (AvgIpc) is 2.62. The van der Waals surface area contributed by atoms with Crippen LogP contribution in [0.4, 0.5) is 11.4 Å². The molecule has 7 heteroatoms. The Morgan fingerprint density at radius 3 is 2.17 bits per heavy atom. The van der Waals surface area contributed by atoms with Gasteiger partial charge in [-0.15, -0.1) is 0 Å². The van der Waals surface area contributed by atoms with Gasteiger partial charge in [-0.2, -0.15) is 4.31 Å². The second-order valence-electron chi connectivity index (χ2n) is 5.63. The van der Waals surface area contributed by atoms with Gasteiger partial charge in [-0.3, -0.25) is 0 Å². The van der Waals surface area contributed by atoms with E-state index in [2.05, 4.69) is 4.90 Å². The van der Waals surface area contributed by atoms with E-state index in [1.54, 1.807) is 31.4 Å². The molecular weight excluding hydrogens is 326 g/mol. The Bertz CT molecular complexity index is 798. The van der Waals surface area contributed by atoms with Crippen molar-refractivity contribution in [2.75, 3.05) is 43.9 Å². The van der Waals surface area contributed by atoms with E-state index in [9.17, 15) is 8.42 Å². The maximum Gasteiger partial charge on any atom is 0.245 e. The Hall–Kier alpha value is -2.25. The van der Waals surface area contributed by atoms with E-state index in [0.29, 0.717) is 26.2 Å². The molecule has 3 rings (SSSR count). The maximum atomic E-state index is 12.7. The first-order chi connectivity index (χ1) is 11.5. The minimum Gasteiger partial charge on any atom is -0.497 e. The van der Waals surface area contributed by atoms with Crippen molar-refractivity contribution in [3.05, 3.63) is 48.5 Å². The molecule has 0 aliphatic carbocycles. The largest absolute Gasteiger partial charge is 0.497 e. The zero-order valence-electron chi connectivity index (χ0n) is 13.6. The summed E-state index contributed by atoms with van der Waals surface area (Å²) in [5.41, 5.74) is 7.18. The summed E-state index contributed by atoms with van der Waals surface area (Å²) in [6, 6.07) is 14.4. The summed E-state index contributed by atoms with van der Waals surface area (Å²) in [5, 5.41) is 0. The van der Waals surface area contributed by atoms with Gasteiger partial charge in [-0.25, -0.2) is 8.42 Å². The molecule has 1 fully saturated rings. The number of benzene rings is 2. The van der Waals surface area contributed by atoms with Crippen LogP contribution in [-0.2, 0) is 10.0 Å². The fourth-order valence-corrected chi connectivity index (χ4v) is 4.37. The number of rotatable bonds is 4. The van der Waals surface area contributed by atoms with Gasteiger partial charge >= 0.3 is 0 Å². The van der Waals surface area contributed by atoms with Gasteiger partial charge in [0.05, 0.1) is 12.8 Å². The number of piperazine rings is 1. The fourth-order valence-electron chi connectivity index (χ4n) is 2.83. The van der Waals surface area contributed by atoms with E-state index in [4.69, 9.17) is 10.5 Å². The molecule has 0 aromatic heterocycles. The highest BCUT2D eigenvalue weighted by molar-refractivity contribution is 7.89. The van der Waals surface area contributed by atoms with Crippen LogP contribution in [0.1, 0.15) is 0 Å². The van der Waals surface area contributed by atoms with Crippen LogP contribution in [0.25, 0.3) is 0 Å². The van der Waals surface area contributed by atoms with Crippen LogP contribution in [-0.4, -0.2) is 46.0 Å². The Labute approximate surface area is 142 Å². The van der Waals surface area contributed by atoms with Crippen molar-refractivity contribution < 1.29 is 13.2 Å². The molecule has 6 nitrogen and oxygen atoms in total. The quantitative estimate of drug-likeness (QED) is 0.854. The molecule has 2 aromatic rings. The van der Waals surface area contributed by atoms with Crippen molar-refractivity contribution in [2.24, 2.45) is 0 Å². The SMILES string of the molecule is COc1ccc(N2CCN(S(=O)(=O)c3ccccc3N)CC2)cc1. The summed E-state index contributed by atoms with van der Waals surface area (Å²) in [5.74, 6) is 0.805. The fraction of sp³-hybridized carbons (Fsp3) is 0.294. The molecule has 2 N–H and O–H groups in total. The van der Waals surface area contributed by atoms with Crippen LogP contribution in [0.15, 0.2) is 53.4 Å². The first-order valence-corrected chi connectivity index (χ1v) is 9.20. The predicted molar refractivity (Wildman–Crippen MR) is 94.8 cm³/mol. The lowest BCUT2D eigenvalue weighted by Gasteiger charge is -2.35. The summed E-state index contributed by atoms with van der Waals surface area (Å²) < 4.78 is 32.2. The van der Waals surface area contributed by atoms with E-state index in [-0.39, 0.29) is 10.6 Å². The number of hydrogen-bond acceptors (Lipinski definition) is 5. The average molecular weight is 347 g/mol. The molecule has 1 saturated heterocycles. The van der Waals surface area contributed by atoms with E-state index < -0.39 is 10.0 Å². The molecule has 0 amide bonds. The highest BCUT2D eigenvalue weighted by Crippen LogP contribution is 2.25. The molecule has 0 radical (unpaired) electrons. The van der Waals surface area contributed by atoms with Gasteiger partial charge in [0.2, 0.25) is 10.0 Å². The number of methoxy groups -OCH3 is 1. The maximum absolute atomic E-state index is 12.7. The lowest BCUT2D eigenvalue weighted by molar-refractivity contribution is 0.385. The van der Waals surface area contributed by atoms with Gasteiger partial charge < -0.3 is 15.4 Å². The van der Waals surface area contributed by atoms with Gasteiger partial charge in [0.25, 0.3) is 0 Å². The third kappa shape index (κ3) is 3.18. The molecule has 1 aliphatic rings. The van der Waals surface area contributed by atoms with Crippen LogP contribution < -0.4 is 15.4 Å². The number of anilines is 2. The van der Waals surface area contributed by atoms with Crippen LogP contribution in [0, 0.1) is 0 Å². The highest BCUT2D eigenvalue weighted by Gasteiger charge is 2.29. The normalized spacial score (nSPS) is 16.1. The molecule has 1 aliphatic heterocycles. The minimum absolute atomic E-state index is 0.183. The molecular formula is C17H21N3O3S. The van der Waals surface area contributed by atoms with Gasteiger partial charge in [0.1, 0.15) is 10.6 Å². The molecule has 1 heterocycles. The Morgan fingerprint density at radius 2 is 1.58 bits per heavy atom. The molecule has 0 spiro atoms. The van der Waals surface area contributed by atoms with Crippen molar-refractivity contribution in [1.82, 2.24) is 4.31 Å². The summed E-state index contributed by atoms with van der Waals surface area (Å²) in [4.78, 5) is 2.35. The molecule has 0 unspecified atom stereocenters. The molecule has 0 saturated carbocycles. The lowest BCUT2D eigenvalue weighted by atomic mass is 10.2. The summed E-state index contributed by atoms with van der Waals surface area (Å²) in [7, 11) is -1.91. The Kier molecular flexibility index (Phi) is 4.64. The molecule has 128 valence electrons. The molecule has 0 atom stereocenters. The number of para-hydroxylation sites is 1. The van der Waals surface area contributed by atoms with Crippen molar-refractivity contribution in [2.45, 2.75) is 4.90 Å². The number of hydrogen-bond donors (Lipinski definition) is 1. The van der Waals surface area contributed by atoms with E-state index in [0.717, 1.165) is 11.4 Å². The van der Waals surface area contributed by atoms with Crippen LogP contribution in [0.5, 0.6) is 5.75 Å². The van der Waals surface area contributed by atoms with E-state index in [1.807, 2.05) is 24.3 Å². The molecule has 2 aromatic carbocycles. The first kappa shape index (κ1) is 16.6. The first-order valence-electron chi connectivity index (χ1n) is 7.76. The standard InChI is InChI=1S/C17H21N3O3S/c1-23-15-8-6-14(7-9-15)19-10-12-20(13-11-19)24(21,22)17-5-3-2-4-16(17)18/h2-9H,10-13,18H2,1H3. The number of nitrogen functional groups attached to an aromatic ring is 1. The monoisotopic (exact) mass is 347 g/mol. The van der Waals surface area contributed by atoms with Gasteiger partial charge in [0.15, 0.2) is 0 Å². The van der Waals surface area contributed by atoms with Crippen LogP contribution >= 0.6 is 0 Å². The second kappa shape index (κ2) is 6.70. The zero-order valence-corrected chi connectivity index (χ0v) is 14.4. The van der Waals surface area contributed by atoms with E-state index in [1.165, 1.54) is 4.31 Å². The van der Waals surface area contributed by atoms with E-state index >= 15 is 0 Å². The number of nitrogens with zero attached hydrogens (tertiary/aromatic N) is 2. The van der Waals surface area contributed by atoms with Gasteiger partial charge in [-0.1, -0.05) is 12.1 Å². The summed E-state index contributed by atoms with van der Waals surface area (Å²) >= 11 is 0. The zero-order chi connectivity index (χ0) is 17.2. The van der Waals surface area contributed by atoms with Crippen molar-refractivity contribution >= 4 is 21.4 Å². The summed E-state index contributed by atoms with van der Waals surface area (Å²) in [6.45, 7) is 2.14. The number of sulfonamides is 1. The third-order valence-corrected chi connectivity index (χ3v) is 6.19. The van der Waals surface area contributed by atoms with Crippen LogP contribution in [0.3, 0.4) is 0 Å².